The Kier molecular flexibility index (Phi) is 5.53. The van der Waals surface area contributed by atoms with Crippen LogP contribution in [0.5, 0.6) is 5.75 Å². The van der Waals surface area contributed by atoms with Crippen molar-refractivity contribution >= 4 is 17.5 Å². The van der Waals surface area contributed by atoms with Gasteiger partial charge in [0.2, 0.25) is 5.95 Å². The quantitative estimate of drug-likeness (QED) is 0.715. The number of anilines is 3. The van der Waals surface area contributed by atoms with Crippen LogP contribution in [0.2, 0.25) is 0 Å². The van der Waals surface area contributed by atoms with E-state index in [2.05, 4.69) is 25.3 Å². The Morgan fingerprint density at radius 2 is 1.62 bits per heavy atom. The molecule has 1 aromatic heterocycles. The molecule has 0 saturated carbocycles. The van der Waals surface area contributed by atoms with Crippen molar-refractivity contribution in [3.05, 3.63) is 36.0 Å². The molecule has 0 unspecified atom stereocenters. The van der Waals surface area contributed by atoms with Crippen LogP contribution in [-0.4, -0.2) is 22.1 Å². The number of halogens is 5. The van der Waals surface area contributed by atoms with Crippen molar-refractivity contribution in [1.82, 2.24) is 9.97 Å². The lowest BCUT2D eigenvalue weighted by Crippen LogP contribution is -2.28. The molecule has 0 atom stereocenters. The summed E-state index contributed by atoms with van der Waals surface area (Å²) in [4.78, 5) is 7.50. The molecule has 26 heavy (non-hydrogen) atoms. The zero-order valence-corrected chi connectivity index (χ0v) is 14.2. The summed E-state index contributed by atoms with van der Waals surface area (Å²) in [5.41, 5.74) is -1.31. The summed E-state index contributed by atoms with van der Waals surface area (Å²) in [5.74, 6) is -0.353. The van der Waals surface area contributed by atoms with Crippen molar-refractivity contribution in [3.8, 4) is 5.75 Å². The monoisotopic (exact) mass is 376 g/mol. The van der Waals surface area contributed by atoms with Gasteiger partial charge in [0.05, 0.1) is 0 Å². The zero-order valence-electron chi connectivity index (χ0n) is 14.2. The Balaban J connectivity index is 2.28. The van der Waals surface area contributed by atoms with Gasteiger partial charge in [-0.15, -0.1) is 0 Å². The van der Waals surface area contributed by atoms with E-state index < -0.39 is 24.0 Å². The molecule has 0 aliphatic rings. The average molecular weight is 376 g/mol. The summed E-state index contributed by atoms with van der Waals surface area (Å²) in [6.45, 7) is 2.30. The van der Waals surface area contributed by atoms with Crippen LogP contribution in [0.3, 0.4) is 0 Å². The Hall–Kier alpha value is -2.65. The molecule has 142 valence electrons. The molecule has 0 saturated heterocycles. The van der Waals surface area contributed by atoms with E-state index in [4.69, 9.17) is 0 Å². The first-order valence-electron chi connectivity index (χ1n) is 7.49. The number of hydrogen-bond donors (Lipinski definition) is 2. The number of ether oxygens (including phenoxy) is 1. The minimum Gasteiger partial charge on any atom is -0.435 e. The van der Waals surface area contributed by atoms with Crippen molar-refractivity contribution in [2.45, 2.75) is 39.1 Å². The van der Waals surface area contributed by atoms with E-state index in [1.165, 1.54) is 24.3 Å². The number of aromatic nitrogens is 2. The molecular weight excluding hydrogens is 359 g/mol. The first-order valence-corrected chi connectivity index (χ1v) is 7.49. The lowest BCUT2D eigenvalue weighted by molar-refractivity contribution is -0.141. The molecule has 2 N–H and O–H groups in total. The summed E-state index contributed by atoms with van der Waals surface area (Å²) in [5, 5.41) is 5.47. The third-order valence-electron chi connectivity index (χ3n) is 2.86. The molecule has 2 rings (SSSR count). The second kappa shape index (κ2) is 7.30. The van der Waals surface area contributed by atoms with Crippen LogP contribution in [0.15, 0.2) is 30.3 Å². The number of nitrogens with zero attached hydrogens (tertiary/aromatic N) is 2. The Morgan fingerprint density at radius 1 is 1.00 bits per heavy atom. The van der Waals surface area contributed by atoms with Gasteiger partial charge in [0.15, 0.2) is 5.69 Å². The second-order valence-electron chi connectivity index (χ2n) is 6.36. The van der Waals surface area contributed by atoms with Crippen molar-refractivity contribution in [2.24, 2.45) is 0 Å². The molecule has 10 heteroatoms. The number of alkyl halides is 5. The maximum atomic E-state index is 13.1. The van der Waals surface area contributed by atoms with E-state index in [-0.39, 0.29) is 17.5 Å². The van der Waals surface area contributed by atoms with Crippen molar-refractivity contribution in [1.29, 1.82) is 0 Å². The van der Waals surface area contributed by atoms with Gasteiger partial charge in [-0.2, -0.15) is 26.9 Å². The Morgan fingerprint density at radius 3 is 2.12 bits per heavy atom. The predicted molar refractivity (Wildman–Crippen MR) is 86.8 cm³/mol. The maximum Gasteiger partial charge on any atom is 0.433 e. The predicted octanol–water partition coefficient (Wildman–Crippen LogP) is 5.05. The molecule has 0 bridgehead atoms. The van der Waals surface area contributed by atoms with Crippen molar-refractivity contribution < 1.29 is 26.7 Å². The average Bonchev–Trinajstić information content (AvgIpc) is 2.46. The van der Waals surface area contributed by atoms with Gasteiger partial charge >= 0.3 is 12.8 Å². The third-order valence-corrected chi connectivity index (χ3v) is 2.86. The zero-order chi connectivity index (χ0) is 19.5. The normalized spacial score (nSPS) is 12.2. The minimum atomic E-state index is -4.65. The van der Waals surface area contributed by atoms with Crippen LogP contribution in [0, 0.1) is 0 Å². The van der Waals surface area contributed by atoms with Gasteiger partial charge in [0, 0.05) is 17.3 Å². The largest absolute Gasteiger partial charge is 0.435 e. The van der Waals surface area contributed by atoms with E-state index in [1.54, 1.807) is 20.8 Å². The Bertz CT molecular complexity index is 742. The maximum absolute atomic E-state index is 13.1. The highest BCUT2D eigenvalue weighted by Gasteiger charge is 2.34. The summed E-state index contributed by atoms with van der Waals surface area (Å²) in [6, 6.07) is 6.04. The Labute approximate surface area is 146 Å². The molecule has 1 heterocycles. The fourth-order valence-electron chi connectivity index (χ4n) is 1.92. The van der Waals surface area contributed by atoms with Gasteiger partial charge in [-0.25, -0.2) is 4.98 Å². The summed E-state index contributed by atoms with van der Waals surface area (Å²) in [7, 11) is 0. The van der Waals surface area contributed by atoms with Crippen molar-refractivity contribution in [3.63, 3.8) is 0 Å². The first kappa shape index (κ1) is 19.7. The molecule has 0 amide bonds. The van der Waals surface area contributed by atoms with Crippen LogP contribution in [0.1, 0.15) is 26.5 Å². The highest BCUT2D eigenvalue weighted by molar-refractivity contribution is 5.58. The number of benzene rings is 1. The molecule has 2 aromatic rings. The molecule has 0 radical (unpaired) electrons. The van der Waals surface area contributed by atoms with Crippen LogP contribution >= 0.6 is 0 Å². The molecule has 0 fully saturated rings. The first-order chi connectivity index (χ1) is 11.9. The van der Waals surface area contributed by atoms with Crippen LogP contribution in [0.4, 0.5) is 39.4 Å². The van der Waals surface area contributed by atoms with Crippen LogP contribution in [0.25, 0.3) is 0 Å². The molecule has 0 aliphatic carbocycles. The van der Waals surface area contributed by atoms with Gasteiger partial charge in [0.25, 0.3) is 0 Å². The number of hydrogen-bond acceptors (Lipinski definition) is 5. The van der Waals surface area contributed by atoms with Gasteiger partial charge in [-0.3, -0.25) is 0 Å². The highest BCUT2D eigenvalue weighted by Crippen LogP contribution is 2.31. The smallest absolute Gasteiger partial charge is 0.433 e. The number of nitrogens with one attached hydrogen (secondary N) is 2. The second-order valence-corrected chi connectivity index (χ2v) is 6.36. The number of rotatable bonds is 5. The fourth-order valence-corrected chi connectivity index (χ4v) is 1.92. The molecule has 1 aromatic carbocycles. The van der Waals surface area contributed by atoms with Gasteiger partial charge in [-0.1, -0.05) is 0 Å². The highest BCUT2D eigenvalue weighted by atomic mass is 19.4. The van der Waals surface area contributed by atoms with Gasteiger partial charge in [0.1, 0.15) is 11.6 Å². The van der Waals surface area contributed by atoms with Gasteiger partial charge < -0.3 is 15.4 Å². The fraction of sp³-hybridized carbons (Fsp3) is 0.375. The van der Waals surface area contributed by atoms with Crippen molar-refractivity contribution in [2.75, 3.05) is 10.6 Å². The summed E-state index contributed by atoms with van der Waals surface area (Å²) in [6.07, 6.45) is -4.65. The molecule has 0 spiro atoms. The van der Waals surface area contributed by atoms with Crippen LogP contribution < -0.4 is 15.4 Å². The van der Waals surface area contributed by atoms with E-state index in [0.717, 1.165) is 6.07 Å². The standard InChI is InChI=1S/C16H17F5N4O/c1-15(2,3)25-14-23-11(16(19,20)21)8-12(24-14)22-9-4-6-10(7-5-9)26-13(17)18/h4-8,13H,1-3H3,(H2,22,23,24,25). The molecule has 5 nitrogen and oxygen atoms in total. The van der Waals surface area contributed by atoms with E-state index in [1.807, 2.05) is 0 Å². The SMILES string of the molecule is CC(C)(C)Nc1nc(Nc2ccc(OC(F)F)cc2)cc(C(F)(F)F)n1. The van der Waals surface area contributed by atoms with E-state index in [9.17, 15) is 22.0 Å². The van der Waals surface area contributed by atoms with E-state index in [0.29, 0.717) is 5.69 Å². The lowest BCUT2D eigenvalue weighted by Gasteiger charge is -2.21. The summed E-state index contributed by atoms with van der Waals surface area (Å²) >= 11 is 0. The summed E-state index contributed by atoms with van der Waals surface area (Å²) < 4.78 is 67.7. The van der Waals surface area contributed by atoms with Gasteiger partial charge in [-0.05, 0) is 45.0 Å². The minimum absolute atomic E-state index is 0.0701. The molecule has 0 aliphatic heterocycles. The lowest BCUT2D eigenvalue weighted by atomic mass is 10.1. The third kappa shape index (κ3) is 6.01. The topological polar surface area (TPSA) is 59.1 Å². The molecular formula is C16H17F5N4O. The van der Waals surface area contributed by atoms with E-state index >= 15 is 0 Å². The van der Waals surface area contributed by atoms with Crippen LogP contribution in [-0.2, 0) is 6.18 Å².